The van der Waals surface area contributed by atoms with E-state index in [-0.39, 0.29) is 24.1 Å². The summed E-state index contributed by atoms with van der Waals surface area (Å²) in [5, 5.41) is 2.91. The minimum Gasteiger partial charge on any atom is -0.369 e. The van der Waals surface area contributed by atoms with Crippen LogP contribution in [0.2, 0.25) is 0 Å². The molecule has 1 amide bonds. The Hall–Kier alpha value is -3.55. The third-order valence-electron chi connectivity index (χ3n) is 6.84. The number of halogens is 3. The number of nitrogens with zero attached hydrogens (tertiary/aromatic N) is 1. The van der Waals surface area contributed by atoms with Crippen LogP contribution in [0.15, 0.2) is 47.3 Å². The van der Waals surface area contributed by atoms with Gasteiger partial charge in [-0.15, -0.1) is 0 Å². The molecule has 4 rings (SSSR count). The van der Waals surface area contributed by atoms with Crippen molar-refractivity contribution in [3.8, 4) is 11.1 Å². The minimum absolute atomic E-state index is 0.0697. The van der Waals surface area contributed by atoms with E-state index in [1.54, 1.807) is 12.1 Å². The van der Waals surface area contributed by atoms with Gasteiger partial charge >= 0.3 is 6.18 Å². The Labute approximate surface area is 214 Å². The van der Waals surface area contributed by atoms with E-state index in [4.69, 9.17) is 0 Å². The van der Waals surface area contributed by atoms with Gasteiger partial charge in [0.1, 0.15) is 0 Å². The van der Waals surface area contributed by atoms with Crippen LogP contribution in [0.3, 0.4) is 0 Å². The zero-order valence-electron chi connectivity index (χ0n) is 21.6. The van der Waals surface area contributed by atoms with Crippen LogP contribution in [0.25, 0.3) is 11.1 Å². The van der Waals surface area contributed by atoms with E-state index in [2.05, 4.69) is 15.2 Å². The number of hydrogen-bond acceptors (Lipinski definition) is 3. The fraction of sp³-hybridized carbons (Fsp3) is 0.379. The molecule has 0 aliphatic carbocycles. The molecule has 1 aliphatic rings. The molecule has 1 aliphatic heterocycles. The van der Waals surface area contributed by atoms with E-state index in [9.17, 15) is 22.8 Å². The van der Waals surface area contributed by atoms with E-state index >= 15 is 0 Å². The highest BCUT2D eigenvalue weighted by Crippen LogP contribution is 2.38. The normalized spacial score (nSPS) is 13.2. The number of carbonyl (C=O) groups excluding carboxylic acids is 1. The van der Waals surface area contributed by atoms with Crippen LogP contribution in [0.4, 0.5) is 18.9 Å². The molecule has 0 unspecified atom stereocenters. The first-order valence-corrected chi connectivity index (χ1v) is 12.6. The Morgan fingerprint density at radius 1 is 1.14 bits per heavy atom. The number of H-pyrrole nitrogens is 1. The second-order valence-corrected chi connectivity index (χ2v) is 9.86. The number of pyridine rings is 1. The fourth-order valence-corrected chi connectivity index (χ4v) is 5.04. The largest absolute Gasteiger partial charge is 0.416 e. The number of carbonyl (C=O) groups is 1. The molecule has 0 atom stereocenters. The summed E-state index contributed by atoms with van der Waals surface area (Å²) in [6.45, 7) is 8.74. The summed E-state index contributed by atoms with van der Waals surface area (Å²) in [7, 11) is 0. The van der Waals surface area contributed by atoms with Crippen molar-refractivity contribution in [1.29, 1.82) is 0 Å². The highest BCUT2D eigenvalue weighted by Gasteiger charge is 2.31. The van der Waals surface area contributed by atoms with Crippen LogP contribution in [0, 0.1) is 6.92 Å². The second-order valence-electron chi connectivity index (χ2n) is 9.86. The van der Waals surface area contributed by atoms with E-state index in [1.165, 1.54) is 6.07 Å². The van der Waals surface area contributed by atoms with Crippen molar-refractivity contribution in [3.63, 3.8) is 0 Å². The third-order valence-corrected chi connectivity index (χ3v) is 6.84. The summed E-state index contributed by atoms with van der Waals surface area (Å²) in [5.74, 6) is -0.349. The predicted molar refractivity (Wildman–Crippen MR) is 140 cm³/mol. The number of benzene rings is 2. The van der Waals surface area contributed by atoms with Gasteiger partial charge in [0.15, 0.2) is 0 Å². The molecule has 2 heterocycles. The van der Waals surface area contributed by atoms with Gasteiger partial charge in [-0.1, -0.05) is 25.5 Å². The predicted octanol–water partition coefficient (Wildman–Crippen LogP) is 6.02. The molecule has 2 aromatic carbocycles. The number of fused-ring (bicyclic) bond motifs is 1. The Kier molecular flexibility index (Phi) is 7.48. The first kappa shape index (κ1) is 26.5. The van der Waals surface area contributed by atoms with Crippen molar-refractivity contribution < 1.29 is 18.0 Å². The number of rotatable bonds is 7. The molecular formula is C29H32F3N3O2. The summed E-state index contributed by atoms with van der Waals surface area (Å²) in [4.78, 5) is 31.1. The van der Waals surface area contributed by atoms with Crippen LogP contribution in [-0.2, 0) is 25.6 Å². The average molecular weight is 512 g/mol. The lowest BCUT2D eigenvalue weighted by Gasteiger charge is -2.25. The van der Waals surface area contributed by atoms with Gasteiger partial charge in [0.05, 0.1) is 5.56 Å². The van der Waals surface area contributed by atoms with Gasteiger partial charge < -0.3 is 15.2 Å². The van der Waals surface area contributed by atoms with Crippen molar-refractivity contribution in [1.82, 2.24) is 10.3 Å². The molecule has 0 saturated carbocycles. The SMILES string of the molecule is CCCc1cc(C)[nH]c(=O)c1CNC(=O)c1cc(-c2cccc(C(F)(F)F)c2)cc2c1CCN2C(C)C. The highest BCUT2D eigenvalue weighted by molar-refractivity contribution is 5.99. The Bertz CT molecular complexity index is 1380. The number of alkyl halides is 3. The zero-order valence-corrected chi connectivity index (χ0v) is 21.6. The number of aromatic nitrogens is 1. The molecule has 1 aromatic heterocycles. The number of hydrogen-bond donors (Lipinski definition) is 2. The Balaban J connectivity index is 1.74. The van der Waals surface area contributed by atoms with E-state index in [1.807, 2.05) is 39.8 Å². The number of nitrogens with one attached hydrogen (secondary N) is 2. The lowest BCUT2D eigenvalue weighted by atomic mass is 9.95. The molecule has 0 radical (unpaired) electrons. The molecule has 8 heteroatoms. The van der Waals surface area contributed by atoms with E-state index in [0.717, 1.165) is 54.0 Å². The van der Waals surface area contributed by atoms with Gasteiger partial charge in [-0.3, -0.25) is 9.59 Å². The number of aromatic amines is 1. The molecule has 0 spiro atoms. The monoisotopic (exact) mass is 511 g/mol. The van der Waals surface area contributed by atoms with Crippen LogP contribution >= 0.6 is 0 Å². The second kappa shape index (κ2) is 10.4. The van der Waals surface area contributed by atoms with Crippen LogP contribution in [-0.4, -0.2) is 23.5 Å². The smallest absolute Gasteiger partial charge is 0.369 e. The van der Waals surface area contributed by atoms with Gasteiger partial charge in [-0.2, -0.15) is 13.2 Å². The van der Waals surface area contributed by atoms with Gasteiger partial charge in [0.2, 0.25) is 0 Å². The molecule has 2 N–H and O–H groups in total. The Morgan fingerprint density at radius 2 is 1.89 bits per heavy atom. The van der Waals surface area contributed by atoms with Crippen molar-refractivity contribution in [2.45, 2.75) is 65.7 Å². The quantitative estimate of drug-likeness (QED) is 0.408. The first-order valence-electron chi connectivity index (χ1n) is 12.6. The number of amides is 1. The highest BCUT2D eigenvalue weighted by atomic mass is 19.4. The molecule has 5 nitrogen and oxygen atoms in total. The van der Waals surface area contributed by atoms with Gasteiger partial charge in [0.25, 0.3) is 11.5 Å². The van der Waals surface area contributed by atoms with Crippen LogP contribution in [0.1, 0.15) is 65.5 Å². The van der Waals surface area contributed by atoms with Gasteiger partial charge in [0, 0.05) is 41.6 Å². The molecule has 196 valence electrons. The standard InChI is InChI=1S/C29H32F3N3O2/c1-5-7-20-12-18(4)34-28(37)25(20)16-33-27(36)24-14-21(15-26-23(24)10-11-35(26)17(2)3)19-8-6-9-22(13-19)29(30,31)32/h6,8-9,12-15,17H,5,7,10-11,16H2,1-4H3,(H,33,36)(H,34,37). The van der Waals surface area contributed by atoms with Crippen molar-refractivity contribution >= 4 is 11.6 Å². The number of aryl methyl sites for hydroxylation is 2. The summed E-state index contributed by atoms with van der Waals surface area (Å²) in [6.07, 6.45) is -2.22. The summed E-state index contributed by atoms with van der Waals surface area (Å²) < 4.78 is 40.2. The summed E-state index contributed by atoms with van der Waals surface area (Å²) >= 11 is 0. The summed E-state index contributed by atoms with van der Waals surface area (Å²) in [6, 6.07) is 10.8. The maximum atomic E-state index is 13.5. The molecule has 3 aromatic rings. The first-order chi connectivity index (χ1) is 17.5. The van der Waals surface area contributed by atoms with Crippen molar-refractivity contribution in [3.05, 3.63) is 86.3 Å². The lowest BCUT2D eigenvalue weighted by molar-refractivity contribution is -0.137. The fourth-order valence-electron chi connectivity index (χ4n) is 5.04. The molecule has 0 fully saturated rings. The minimum atomic E-state index is -4.46. The van der Waals surface area contributed by atoms with Crippen molar-refractivity contribution in [2.75, 3.05) is 11.4 Å². The topological polar surface area (TPSA) is 65.2 Å². The molecule has 0 saturated heterocycles. The summed E-state index contributed by atoms with van der Waals surface area (Å²) in [5.41, 5.74) is 4.32. The van der Waals surface area contributed by atoms with E-state index < -0.39 is 11.7 Å². The Morgan fingerprint density at radius 3 is 2.57 bits per heavy atom. The number of anilines is 1. The maximum Gasteiger partial charge on any atom is 0.416 e. The van der Waals surface area contributed by atoms with Crippen molar-refractivity contribution in [2.24, 2.45) is 0 Å². The van der Waals surface area contributed by atoms with Gasteiger partial charge in [-0.05, 0) is 86.2 Å². The lowest BCUT2D eigenvalue weighted by Crippen LogP contribution is -2.29. The van der Waals surface area contributed by atoms with E-state index in [0.29, 0.717) is 28.7 Å². The third kappa shape index (κ3) is 5.58. The molecule has 0 bridgehead atoms. The molecule has 37 heavy (non-hydrogen) atoms. The van der Waals surface area contributed by atoms with Gasteiger partial charge in [-0.25, -0.2) is 0 Å². The maximum absolute atomic E-state index is 13.5. The van der Waals surface area contributed by atoms with Crippen LogP contribution < -0.4 is 15.8 Å². The molecular weight excluding hydrogens is 479 g/mol. The zero-order chi connectivity index (χ0) is 26.9. The van der Waals surface area contributed by atoms with Crippen LogP contribution in [0.5, 0.6) is 0 Å². The average Bonchev–Trinajstić information content (AvgIpc) is 3.27.